The molecule has 2 aromatic carbocycles. The van der Waals surface area contributed by atoms with Crippen molar-refractivity contribution in [1.82, 2.24) is 5.43 Å². The molecule has 30 heavy (non-hydrogen) atoms. The molecule has 10 nitrogen and oxygen atoms in total. The molecule has 0 aliphatic carbocycles. The standard InChI is InChI=1S/C19H21N3O7S/c1-26-14-5-6-15(17(9-14)27-2)22(30(3,24)25)11-19(23)21-20-10-13-4-7-16-18(8-13)29-12-28-16/h4-10H,11-12H2,1-3H3,(H,21,23)/b20-10-. The van der Waals surface area contributed by atoms with E-state index in [2.05, 4.69) is 10.5 Å². The van der Waals surface area contributed by atoms with Crippen molar-refractivity contribution in [3.8, 4) is 23.0 Å². The summed E-state index contributed by atoms with van der Waals surface area (Å²) in [4.78, 5) is 12.3. The van der Waals surface area contributed by atoms with E-state index in [0.717, 1.165) is 10.6 Å². The summed E-state index contributed by atoms with van der Waals surface area (Å²) in [6, 6.07) is 9.79. The van der Waals surface area contributed by atoms with Gasteiger partial charge in [0, 0.05) is 6.07 Å². The van der Waals surface area contributed by atoms with Gasteiger partial charge in [-0.15, -0.1) is 0 Å². The Labute approximate surface area is 174 Å². The number of amides is 1. The number of hydrogen-bond donors (Lipinski definition) is 1. The molecule has 0 radical (unpaired) electrons. The van der Waals surface area contributed by atoms with Gasteiger partial charge < -0.3 is 18.9 Å². The van der Waals surface area contributed by atoms with Crippen molar-refractivity contribution in [3.05, 3.63) is 42.0 Å². The molecule has 1 aliphatic rings. The van der Waals surface area contributed by atoms with Crippen LogP contribution in [0, 0.1) is 0 Å². The number of benzene rings is 2. The molecule has 0 saturated heterocycles. The number of rotatable bonds is 8. The summed E-state index contributed by atoms with van der Waals surface area (Å²) < 4.78 is 46.4. The van der Waals surface area contributed by atoms with Gasteiger partial charge in [-0.2, -0.15) is 5.10 Å². The van der Waals surface area contributed by atoms with Gasteiger partial charge in [-0.3, -0.25) is 9.10 Å². The van der Waals surface area contributed by atoms with Crippen LogP contribution in [0.15, 0.2) is 41.5 Å². The Morgan fingerprint density at radius 2 is 1.93 bits per heavy atom. The van der Waals surface area contributed by atoms with Gasteiger partial charge in [-0.05, 0) is 35.9 Å². The Hall–Kier alpha value is -3.47. The lowest BCUT2D eigenvalue weighted by Gasteiger charge is -2.23. The molecule has 160 valence electrons. The zero-order valence-electron chi connectivity index (χ0n) is 16.6. The van der Waals surface area contributed by atoms with E-state index in [1.54, 1.807) is 24.3 Å². The van der Waals surface area contributed by atoms with E-state index >= 15 is 0 Å². The predicted molar refractivity (Wildman–Crippen MR) is 110 cm³/mol. The molecule has 0 fully saturated rings. The topological polar surface area (TPSA) is 116 Å². The van der Waals surface area contributed by atoms with Crippen molar-refractivity contribution in [1.29, 1.82) is 0 Å². The number of fused-ring (bicyclic) bond motifs is 1. The lowest BCUT2D eigenvalue weighted by atomic mass is 10.2. The first-order valence-electron chi connectivity index (χ1n) is 8.73. The summed E-state index contributed by atoms with van der Waals surface area (Å²) in [5.74, 6) is 1.32. The van der Waals surface area contributed by atoms with E-state index < -0.39 is 22.5 Å². The van der Waals surface area contributed by atoms with Gasteiger partial charge in [0.15, 0.2) is 11.5 Å². The van der Waals surface area contributed by atoms with Crippen molar-refractivity contribution in [2.45, 2.75) is 0 Å². The predicted octanol–water partition coefficient (Wildman–Crippen LogP) is 1.35. The van der Waals surface area contributed by atoms with Crippen molar-refractivity contribution >= 4 is 27.8 Å². The molecule has 0 spiro atoms. The van der Waals surface area contributed by atoms with Crippen LogP contribution in [0.25, 0.3) is 0 Å². The van der Waals surface area contributed by atoms with E-state index in [4.69, 9.17) is 18.9 Å². The van der Waals surface area contributed by atoms with Crippen LogP contribution in [0.1, 0.15) is 5.56 Å². The van der Waals surface area contributed by atoms with Crippen LogP contribution in [-0.4, -0.2) is 54.4 Å². The second-order valence-corrected chi connectivity index (χ2v) is 8.12. The van der Waals surface area contributed by atoms with Gasteiger partial charge >= 0.3 is 0 Å². The highest BCUT2D eigenvalue weighted by atomic mass is 32.2. The summed E-state index contributed by atoms with van der Waals surface area (Å²) in [7, 11) is -0.902. The zero-order chi connectivity index (χ0) is 21.7. The number of anilines is 1. The van der Waals surface area contributed by atoms with Gasteiger partial charge in [0.05, 0.1) is 32.4 Å². The number of carbonyl (C=O) groups excluding carboxylic acids is 1. The lowest BCUT2D eigenvalue weighted by molar-refractivity contribution is -0.119. The molecule has 1 heterocycles. The first kappa shape index (κ1) is 21.2. The Kier molecular flexibility index (Phi) is 6.31. The largest absolute Gasteiger partial charge is 0.497 e. The van der Waals surface area contributed by atoms with Crippen LogP contribution < -0.4 is 28.7 Å². The number of ether oxygens (including phenoxy) is 4. The van der Waals surface area contributed by atoms with Gasteiger partial charge in [0.1, 0.15) is 18.0 Å². The first-order chi connectivity index (χ1) is 14.3. The van der Waals surface area contributed by atoms with Crippen LogP contribution in [-0.2, 0) is 14.8 Å². The monoisotopic (exact) mass is 435 g/mol. The molecule has 11 heteroatoms. The summed E-state index contributed by atoms with van der Waals surface area (Å²) in [5, 5.41) is 3.87. The van der Waals surface area contributed by atoms with Crippen LogP contribution >= 0.6 is 0 Å². The third kappa shape index (κ3) is 4.92. The van der Waals surface area contributed by atoms with E-state index in [0.29, 0.717) is 22.8 Å². The highest BCUT2D eigenvalue weighted by molar-refractivity contribution is 7.92. The zero-order valence-corrected chi connectivity index (χ0v) is 17.4. The molecular weight excluding hydrogens is 414 g/mol. The van der Waals surface area contributed by atoms with Gasteiger partial charge in [-0.25, -0.2) is 13.8 Å². The number of carbonyl (C=O) groups is 1. The average Bonchev–Trinajstić information content (AvgIpc) is 3.18. The minimum Gasteiger partial charge on any atom is -0.497 e. The molecule has 0 aromatic heterocycles. The molecule has 2 aromatic rings. The van der Waals surface area contributed by atoms with Crippen molar-refractivity contribution in [3.63, 3.8) is 0 Å². The molecule has 1 aliphatic heterocycles. The van der Waals surface area contributed by atoms with Crippen LogP contribution in [0.5, 0.6) is 23.0 Å². The molecule has 1 amide bonds. The number of nitrogens with zero attached hydrogens (tertiary/aromatic N) is 2. The van der Waals surface area contributed by atoms with Gasteiger partial charge in [-0.1, -0.05) is 0 Å². The molecule has 1 N–H and O–H groups in total. The Bertz CT molecular complexity index is 1070. The Balaban J connectivity index is 1.72. The minimum atomic E-state index is -3.78. The number of nitrogens with one attached hydrogen (secondary N) is 1. The van der Waals surface area contributed by atoms with Gasteiger partial charge in [0.25, 0.3) is 5.91 Å². The fraction of sp³-hybridized carbons (Fsp3) is 0.263. The quantitative estimate of drug-likeness (QED) is 0.491. The number of hydrazone groups is 1. The molecule has 0 bridgehead atoms. The molecule has 0 unspecified atom stereocenters. The maximum atomic E-state index is 12.3. The van der Waals surface area contributed by atoms with E-state index in [1.165, 1.54) is 32.6 Å². The Morgan fingerprint density at radius 1 is 1.17 bits per heavy atom. The van der Waals surface area contributed by atoms with E-state index in [1.807, 2.05) is 0 Å². The number of sulfonamides is 1. The third-order valence-corrected chi connectivity index (χ3v) is 5.27. The van der Waals surface area contributed by atoms with Crippen molar-refractivity contribution in [2.24, 2.45) is 5.10 Å². The fourth-order valence-corrected chi connectivity index (χ4v) is 3.57. The summed E-state index contributed by atoms with van der Waals surface area (Å²) in [5.41, 5.74) is 3.20. The Morgan fingerprint density at radius 3 is 2.63 bits per heavy atom. The normalized spacial score (nSPS) is 12.6. The summed E-state index contributed by atoms with van der Waals surface area (Å²) in [6.07, 6.45) is 2.42. The van der Waals surface area contributed by atoms with Crippen LogP contribution in [0.3, 0.4) is 0 Å². The van der Waals surface area contributed by atoms with E-state index in [-0.39, 0.29) is 18.2 Å². The molecular formula is C19H21N3O7S. The number of methoxy groups -OCH3 is 2. The highest BCUT2D eigenvalue weighted by Crippen LogP contribution is 2.33. The summed E-state index contributed by atoms with van der Waals surface area (Å²) in [6.45, 7) is -0.331. The second-order valence-electron chi connectivity index (χ2n) is 6.21. The summed E-state index contributed by atoms with van der Waals surface area (Å²) >= 11 is 0. The third-order valence-electron chi connectivity index (χ3n) is 4.14. The average molecular weight is 435 g/mol. The fourth-order valence-electron chi connectivity index (χ4n) is 2.71. The van der Waals surface area contributed by atoms with Crippen LogP contribution in [0.4, 0.5) is 5.69 Å². The van der Waals surface area contributed by atoms with Gasteiger partial charge in [0.2, 0.25) is 16.8 Å². The molecule has 3 rings (SSSR count). The molecule has 0 saturated carbocycles. The van der Waals surface area contributed by atoms with Crippen LogP contribution in [0.2, 0.25) is 0 Å². The first-order valence-corrected chi connectivity index (χ1v) is 10.6. The minimum absolute atomic E-state index is 0.156. The smallest absolute Gasteiger partial charge is 0.260 e. The lowest BCUT2D eigenvalue weighted by Crippen LogP contribution is -2.39. The van der Waals surface area contributed by atoms with E-state index in [9.17, 15) is 13.2 Å². The maximum absolute atomic E-state index is 12.3. The highest BCUT2D eigenvalue weighted by Gasteiger charge is 2.24. The molecule has 0 atom stereocenters. The SMILES string of the molecule is COc1ccc(N(CC(=O)N/N=C\c2ccc3c(c2)OCO3)S(C)(=O)=O)c(OC)c1. The number of hydrogen-bond acceptors (Lipinski definition) is 8. The van der Waals surface area contributed by atoms with Crippen molar-refractivity contribution in [2.75, 3.05) is 38.1 Å². The second kappa shape index (κ2) is 8.91. The van der Waals surface area contributed by atoms with Crippen molar-refractivity contribution < 1.29 is 32.2 Å². The maximum Gasteiger partial charge on any atom is 0.260 e.